The minimum atomic E-state index is -0.761. The Bertz CT molecular complexity index is 977. The van der Waals surface area contributed by atoms with Crippen LogP contribution in [-0.2, 0) is 23.8 Å². The Hall–Kier alpha value is -2.91. The molecule has 0 fully saturated rings. The van der Waals surface area contributed by atoms with Gasteiger partial charge in [0, 0.05) is 16.2 Å². The van der Waals surface area contributed by atoms with E-state index in [-0.39, 0.29) is 36.0 Å². The summed E-state index contributed by atoms with van der Waals surface area (Å²) in [5.41, 5.74) is 0.205. The van der Waals surface area contributed by atoms with E-state index < -0.39 is 17.8 Å². The van der Waals surface area contributed by atoms with Crippen LogP contribution >= 0.6 is 15.9 Å². The van der Waals surface area contributed by atoms with E-state index in [2.05, 4.69) is 15.9 Å². The first-order valence-corrected chi connectivity index (χ1v) is 9.22. The van der Waals surface area contributed by atoms with Crippen molar-refractivity contribution in [2.75, 3.05) is 32.5 Å². The number of methoxy groups -OCH3 is 2. The number of hydrogen-bond acceptors (Lipinski definition) is 7. The summed E-state index contributed by atoms with van der Waals surface area (Å²) < 4.78 is 35.9. The largest absolute Gasteiger partial charge is 0.466 e. The van der Waals surface area contributed by atoms with Gasteiger partial charge in [0.25, 0.3) is 0 Å². The molecule has 9 heteroatoms. The van der Waals surface area contributed by atoms with Gasteiger partial charge in [0.15, 0.2) is 11.6 Å². The van der Waals surface area contributed by atoms with Crippen LogP contribution in [0.5, 0.6) is 11.5 Å². The second-order valence-electron chi connectivity index (χ2n) is 5.89. The number of nitrogens with zero attached hydrogens (tertiary/aromatic N) is 1. The van der Waals surface area contributed by atoms with Crippen molar-refractivity contribution in [3.05, 3.63) is 64.0 Å². The number of ether oxygens (including phenoxy) is 4. The molecular formula is C20H17BrFNO6. The molecule has 3 rings (SSSR count). The summed E-state index contributed by atoms with van der Waals surface area (Å²) in [5, 5.41) is 0. The van der Waals surface area contributed by atoms with E-state index in [0.29, 0.717) is 5.75 Å². The molecule has 0 bridgehead atoms. The molecule has 0 atom stereocenters. The predicted octanol–water partition coefficient (Wildman–Crippen LogP) is 3.77. The third kappa shape index (κ3) is 4.57. The van der Waals surface area contributed by atoms with Gasteiger partial charge in [-0.1, -0.05) is 22.0 Å². The first-order chi connectivity index (χ1) is 13.9. The molecule has 0 unspecified atom stereocenters. The number of halogens is 2. The molecule has 0 spiro atoms. The van der Waals surface area contributed by atoms with Crippen LogP contribution in [0, 0.1) is 5.82 Å². The zero-order valence-corrected chi connectivity index (χ0v) is 17.2. The number of esters is 2. The molecule has 0 aliphatic carbocycles. The Labute approximate surface area is 174 Å². The summed E-state index contributed by atoms with van der Waals surface area (Å²) in [6.07, 6.45) is 0. The second-order valence-corrected chi connectivity index (χ2v) is 6.81. The van der Waals surface area contributed by atoms with Crippen molar-refractivity contribution in [1.29, 1.82) is 0 Å². The lowest BCUT2D eigenvalue weighted by Gasteiger charge is -2.31. The fourth-order valence-electron chi connectivity index (χ4n) is 2.75. The highest BCUT2D eigenvalue weighted by Gasteiger charge is 2.32. The average Bonchev–Trinajstić information content (AvgIpc) is 2.73. The number of carbonyl (C=O) groups excluding carboxylic acids is 2. The third-order valence-electron chi connectivity index (χ3n) is 4.08. The van der Waals surface area contributed by atoms with Crippen molar-refractivity contribution in [3.8, 4) is 11.5 Å². The summed E-state index contributed by atoms with van der Waals surface area (Å²) in [4.78, 5) is 25.7. The normalized spacial score (nSPS) is 13.9. The van der Waals surface area contributed by atoms with Gasteiger partial charge >= 0.3 is 11.9 Å². The molecular weight excluding hydrogens is 449 g/mol. The highest BCUT2D eigenvalue weighted by molar-refractivity contribution is 9.10. The lowest BCUT2D eigenvalue weighted by molar-refractivity contribution is -0.140. The van der Waals surface area contributed by atoms with Gasteiger partial charge in [-0.25, -0.2) is 14.0 Å². The zero-order valence-electron chi connectivity index (χ0n) is 15.6. The molecule has 1 aliphatic heterocycles. The maximum atomic E-state index is 14.7. The highest BCUT2D eigenvalue weighted by Crippen LogP contribution is 2.32. The van der Waals surface area contributed by atoms with E-state index in [1.807, 2.05) is 6.07 Å². The van der Waals surface area contributed by atoms with Crippen molar-refractivity contribution in [3.63, 3.8) is 0 Å². The molecule has 29 heavy (non-hydrogen) atoms. The summed E-state index contributed by atoms with van der Waals surface area (Å²) in [5.74, 6) is -1.69. The Morgan fingerprint density at radius 1 is 1.10 bits per heavy atom. The number of anilines is 1. The molecule has 1 heterocycles. The molecule has 0 radical (unpaired) electrons. The number of rotatable bonds is 5. The lowest BCUT2D eigenvalue weighted by atomic mass is 10.1. The van der Waals surface area contributed by atoms with Gasteiger partial charge in [-0.15, -0.1) is 0 Å². The molecule has 0 aromatic heterocycles. The van der Waals surface area contributed by atoms with Crippen LogP contribution < -0.4 is 9.64 Å². The van der Waals surface area contributed by atoms with E-state index in [9.17, 15) is 14.0 Å². The molecule has 0 saturated heterocycles. The van der Waals surface area contributed by atoms with Gasteiger partial charge < -0.3 is 23.8 Å². The van der Waals surface area contributed by atoms with E-state index in [4.69, 9.17) is 18.9 Å². The number of benzene rings is 2. The second kappa shape index (κ2) is 9.06. The van der Waals surface area contributed by atoms with Crippen molar-refractivity contribution >= 4 is 33.6 Å². The van der Waals surface area contributed by atoms with Crippen LogP contribution in [0.1, 0.15) is 0 Å². The van der Waals surface area contributed by atoms with Crippen molar-refractivity contribution in [2.45, 2.75) is 0 Å². The minimum Gasteiger partial charge on any atom is -0.466 e. The standard InChI is InChI=1S/C20H17BrFNO6/c1-26-19(24)15-10-28-11-23(18(15)20(25)27-2)13-6-7-17(16(22)9-13)29-14-5-3-4-12(21)8-14/h3-9H,10-11H2,1-2H3. The summed E-state index contributed by atoms with van der Waals surface area (Å²) in [7, 11) is 2.38. The predicted molar refractivity (Wildman–Crippen MR) is 105 cm³/mol. The van der Waals surface area contributed by atoms with Crippen LogP contribution in [0.2, 0.25) is 0 Å². The zero-order chi connectivity index (χ0) is 21.0. The van der Waals surface area contributed by atoms with Gasteiger partial charge in [-0.3, -0.25) is 0 Å². The Kier molecular flexibility index (Phi) is 6.50. The number of carbonyl (C=O) groups is 2. The van der Waals surface area contributed by atoms with Crippen LogP contribution in [0.25, 0.3) is 0 Å². The molecule has 2 aromatic carbocycles. The Balaban J connectivity index is 1.95. The number of hydrogen-bond donors (Lipinski definition) is 0. The first kappa shape index (κ1) is 20.8. The minimum absolute atomic E-state index is 0.00145. The SMILES string of the molecule is COC(=O)C1=C(C(=O)OC)N(c2ccc(Oc3cccc(Br)c3)c(F)c2)COC1. The maximum Gasteiger partial charge on any atom is 0.355 e. The van der Waals surface area contributed by atoms with E-state index in [1.54, 1.807) is 24.3 Å². The Morgan fingerprint density at radius 3 is 2.52 bits per heavy atom. The van der Waals surface area contributed by atoms with E-state index in [0.717, 1.165) is 4.47 Å². The molecule has 0 N–H and O–H groups in total. The van der Waals surface area contributed by atoms with Crippen LogP contribution in [-0.4, -0.2) is 39.5 Å². The summed E-state index contributed by atoms with van der Waals surface area (Å²) in [6.45, 7) is -0.198. The fourth-order valence-corrected chi connectivity index (χ4v) is 3.12. The molecule has 1 aliphatic rings. The van der Waals surface area contributed by atoms with Gasteiger partial charge in [-0.05, 0) is 30.3 Å². The van der Waals surface area contributed by atoms with Crippen molar-refractivity contribution in [1.82, 2.24) is 0 Å². The topological polar surface area (TPSA) is 74.3 Å². The van der Waals surface area contributed by atoms with Crippen LogP contribution in [0.3, 0.4) is 0 Å². The summed E-state index contributed by atoms with van der Waals surface area (Å²) in [6, 6.07) is 11.1. The fraction of sp³-hybridized carbons (Fsp3) is 0.200. The van der Waals surface area contributed by atoms with Crippen molar-refractivity contribution < 1.29 is 32.9 Å². The average molecular weight is 466 g/mol. The molecule has 152 valence electrons. The quantitative estimate of drug-likeness (QED) is 0.622. The molecule has 7 nitrogen and oxygen atoms in total. The smallest absolute Gasteiger partial charge is 0.355 e. The van der Waals surface area contributed by atoms with Gasteiger partial charge in [0.05, 0.1) is 26.4 Å². The van der Waals surface area contributed by atoms with Crippen LogP contribution in [0.4, 0.5) is 10.1 Å². The van der Waals surface area contributed by atoms with Crippen LogP contribution in [0.15, 0.2) is 58.2 Å². The molecule has 0 saturated carbocycles. The highest BCUT2D eigenvalue weighted by atomic mass is 79.9. The molecule has 2 aromatic rings. The van der Waals surface area contributed by atoms with Crippen molar-refractivity contribution in [2.24, 2.45) is 0 Å². The Morgan fingerprint density at radius 2 is 1.86 bits per heavy atom. The molecule has 0 amide bonds. The lowest BCUT2D eigenvalue weighted by Crippen LogP contribution is -2.38. The first-order valence-electron chi connectivity index (χ1n) is 8.42. The monoisotopic (exact) mass is 465 g/mol. The van der Waals surface area contributed by atoms with Gasteiger partial charge in [-0.2, -0.15) is 0 Å². The van der Waals surface area contributed by atoms with E-state index in [1.165, 1.54) is 31.3 Å². The van der Waals surface area contributed by atoms with E-state index >= 15 is 0 Å². The third-order valence-corrected chi connectivity index (χ3v) is 4.58. The van der Waals surface area contributed by atoms with Gasteiger partial charge in [0.2, 0.25) is 0 Å². The maximum absolute atomic E-state index is 14.7. The summed E-state index contributed by atoms with van der Waals surface area (Å²) >= 11 is 3.33. The van der Waals surface area contributed by atoms with Gasteiger partial charge in [0.1, 0.15) is 18.2 Å².